The Morgan fingerprint density at radius 3 is 2.47 bits per heavy atom. The van der Waals surface area contributed by atoms with Crippen LogP contribution in [0.2, 0.25) is 0 Å². The first kappa shape index (κ1) is 16.1. The molecule has 1 N–H and O–H groups in total. The first-order valence-corrected chi connectivity index (χ1v) is 7.36. The van der Waals surface area contributed by atoms with Crippen LogP contribution in [0.4, 0.5) is 0 Å². The van der Waals surface area contributed by atoms with E-state index >= 15 is 0 Å². The molecule has 0 aliphatic rings. The van der Waals surface area contributed by atoms with E-state index < -0.39 is 11.4 Å². The van der Waals surface area contributed by atoms with E-state index in [0.29, 0.717) is 17.2 Å². The Morgan fingerprint density at radius 1 is 1.37 bits per heavy atom. The molecule has 0 spiro atoms. The number of rotatable bonds is 6. The molecular formula is C14H17ClO3S. The summed E-state index contributed by atoms with van der Waals surface area (Å²) in [5.41, 5.74) is 0.686. The highest BCUT2D eigenvalue weighted by atomic mass is 35.5. The van der Waals surface area contributed by atoms with Crippen LogP contribution in [0.25, 0.3) is 0 Å². The minimum atomic E-state index is -0.826. The third-order valence-electron chi connectivity index (χ3n) is 2.78. The Morgan fingerprint density at radius 2 is 2.00 bits per heavy atom. The lowest BCUT2D eigenvalue weighted by molar-refractivity contribution is -0.145. The van der Waals surface area contributed by atoms with Gasteiger partial charge in [-0.15, -0.1) is 23.4 Å². The van der Waals surface area contributed by atoms with E-state index in [4.69, 9.17) is 16.7 Å². The summed E-state index contributed by atoms with van der Waals surface area (Å²) in [6.07, 6.45) is 0. The van der Waals surface area contributed by atoms with Gasteiger partial charge in [-0.25, -0.2) is 0 Å². The molecule has 19 heavy (non-hydrogen) atoms. The van der Waals surface area contributed by atoms with Crippen LogP contribution >= 0.6 is 23.4 Å². The van der Waals surface area contributed by atoms with Crippen LogP contribution in [0, 0.1) is 5.41 Å². The van der Waals surface area contributed by atoms with Crippen molar-refractivity contribution in [1.29, 1.82) is 0 Å². The SMILES string of the molecule is CC(=O)c1ccc(SCC(C)(C)C(=O)O)c(CCl)c1. The Balaban J connectivity index is 2.90. The van der Waals surface area contributed by atoms with Gasteiger partial charge < -0.3 is 5.11 Å². The predicted octanol–water partition coefficient (Wildman–Crippen LogP) is 3.83. The van der Waals surface area contributed by atoms with Crippen LogP contribution in [0.3, 0.4) is 0 Å². The summed E-state index contributed by atoms with van der Waals surface area (Å²) in [7, 11) is 0. The average molecular weight is 301 g/mol. The summed E-state index contributed by atoms with van der Waals surface area (Å²) in [6, 6.07) is 5.34. The highest BCUT2D eigenvalue weighted by molar-refractivity contribution is 7.99. The topological polar surface area (TPSA) is 54.4 Å². The van der Waals surface area contributed by atoms with E-state index in [1.54, 1.807) is 26.0 Å². The maximum absolute atomic E-state index is 11.3. The molecule has 0 heterocycles. The fourth-order valence-electron chi connectivity index (χ4n) is 1.36. The van der Waals surface area contributed by atoms with Crippen molar-refractivity contribution in [3.8, 4) is 0 Å². The Bertz CT molecular complexity index is 497. The molecule has 0 aliphatic carbocycles. The second-order valence-electron chi connectivity index (χ2n) is 4.99. The molecule has 0 saturated carbocycles. The first-order chi connectivity index (χ1) is 8.77. The third-order valence-corrected chi connectivity index (χ3v) is 4.64. The standard InChI is InChI=1S/C14H17ClO3S/c1-9(16)10-4-5-12(11(6-10)7-15)19-8-14(2,3)13(17)18/h4-6H,7-8H2,1-3H3,(H,17,18). The van der Waals surface area contributed by atoms with Crippen LogP contribution in [-0.4, -0.2) is 22.6 Å². The molecule has 1 aromatic carbocycles. The molecule has 0 saturated heterocycles. The maximum Gasteiger partial charge on any atom is 0.309 e. The number of thioether (sulfide) groups is 1. The van der Waals surface area contributed by atoms with Crippen LogP contribution in [0.15, 0.2) is 23.1 Å². The van der Waals surface area contributed by atoms with Crippen molar-refractivity contribution in [3.05, 3.63) is 29.3 Å². The Kier molecular flexibility index (Phi) is 5.44. The minimum absolute atomic E-state index is 0.00576. The van der Waals surface area contributed by atoms with Gasteiger partial charge >= 0.3 is 5.97 Å². The van der Waals surface area contributed by atoms with Crippen molar-refractivity contribution in [2.75, 3.05) is 5.75 Å². The highest BCUT2D eigenvalue weighted by Gasteiger charge is 2.27. The fourth-order valence-corrected chi connectivity index (χ4v) is 2.78. The number of alkyl halides is 1. The van der Waals surface area contributed by atoms with Gasteiger partial charge in [0, 0.05) is 22.1 Å². The summed E-state index contributed by atoms with van der Waals surface area (Å²) in [4.78, 5) is 23.3. The lowest BCUT2D eigenvalue weighted by Crippen LogP contribution is -2.26. The van der Waals surface area contributed by atoms with Crippen molar-refractivity contribution in [2.24, 2.45) is 5.41 Å². The monoisotopic (exact) mass is 300 g/mol. The van der Waals surface area contributed by atoms with Crippen molar-refractivity contribution in [3.63, 3.8) is 0 Å². The summed E-state index contributed by atoms with van der Waals surface area (Å²) in [5.74, 6) is -0.0793. The summed E-state index contributed by atoms with van der Waals surface area (Å²) in [5, 5.41) is 9.08. The first-order valence-electron chi connectivity index (χ1n) is 5.84. The van der Waals surface area contributed by atoms with Gasteiger partial charge in [-0.1, -0.05) is 6.07 Å². The van der Waals surface area contributed by atoms with Gasteiger partial charge in [0.2, 0.25) is 0 Å². The van der Waals surface area contributed by atoms with Crippen LogP contribution < -0.4 is 0 Å². The molecule has 5 heteroatoms. The number of aliphatic carboxylic acids is 1. The lowest BCUT2D eigenvalue weighted by atomic mass is 9.97. The molecule has 1 rings (SSSR count). The van der Waals surface area contributed by atoms with E-state index in [2.05, 4.69) is 0 Å². The number of halogens is 1. The second kappa shape index (κ2) is 6.44. The van der Waals surface area contributed by atoms with E-state index in [0.717, 1.165) is 10.5 Å². The number of carbonyl (C=O) groups is 2. The number of benzene rings is 1. The lowest BCUT2D eigenvalue weighted by Gasteiger charge is -2.19. The zero-order chi connectivity index (χ0) is 14.6. The normalized spacial score (nSPS) is 11.4. The minimum Gasteiger partial charge on any atom is -0.481 e. The van der Waals surface area contributed by atoms with Crippen LogP contribution in [0.5, 0.6) is 0 Å². The van der Waals surface area contributed by atoms with Gasteiger partial charge in [0.1, 0.15) is 0 Å². The van der Waals surface area contributed by atoms with Gasteiger partial charge in [-0.2, -0.15) is 0 Å². The average Bonchev–Trinajstić information content (AvgIpc) is 2.35. The van der Waals surface area contributed by atoms with Gasteiger partial charge in [0.15, 0.2) is 5.78 Å². The Labute approximate surface area is 122 Å². The molecule has 104 valence electrons. The predicted molar refractivity (Wildman–Crippen MR) is 78.1 cm³/mol. The molecule has 0 unspecified atom stereocenters. The zero-order valence-electron chi connectivity index (χ0n) is 11.2. The van der Waals surface area contributed by atoms with Crippen molar-refractivity contribution >= 4 is 35.1 Å². The number of carbonyl (C=O) groups excluding carboxylic acids is 1. The number of Topliss-reactive ketones (excluding diaryl/α,β-unsaturated/α-hetero) is 1. The largest absolute Gasteiger partial charge is 0.481 e. The number of carboxylic acid groups (broad SMARTS) is 1. The van der Waals surface area contributed by atoms with Crippen molar-refractivity contribution in [2.45, 2.75) is 31.5 Å². The zero-order valence-corrected chi connectivity index (χ0v) is 12.8. The molecule has 0 bridgehead atoms. The molecule has 1 aromatic rings. The molecule has 0 amide bonds. The fraction of sp³-hybridized carbons (Fsp3) is 0.429. The van der Waals surface area contributed by atoms with Crippen LogP contribution in [-0.2, 0) is 10.7 Å². The summed E-state index contributed by atoms with van der Waals surface area (Å²) < 4.78 is 0. The van der Waals surface area contributed by atoms with E-state index in [9.17, 15) is 9.59 Å². The van der Waals surface area contributed by atoms with E-state index in [-0.39, 0.29) is 5.78 Å². The number of hydrogen-bond acceptors (Lipinski definition) is 3. The van der Waals surface area contributed by atoms with Crippen molar-refractivity contribution in [1.82, 2.24) is 0 Å². The molecule has 0 radical (unpaired) electrons. The number of ketones is 1. The van der Waals surface area contributed by atoms with Crippen LogP contribution in [0.1, 0.15) is 36.7 Å². The van der Waals surface area contributed by atoms with Gasteiger partial charge in [-0.3, -0.25) is 9.59 Å². The smallest absolute Gasteiger partial charge is 0.309 e. The molecule has 0 fully saturated rings. The van der Waals surface area contributed by atoms with Crippen molar-refractivity contribution < 1.29 is 14.7 Å². The third kappa shape index (κ3) is 4.25. The second-order valence-corrected chi connectivity index (χ2v) is 6.27. The summed E-state index contributed by atoms with van der Waals surface area (Å²) in [6.45, 7) is 4.88. The summed E-state index contributed by atoms with van der Waals surface area (Å²) >= 11 is 7.33. The van der Waals surface area contributed by atoms with Gasteiger partial charge in [0.25, 0.3) is 0 Å². The molecular weight excluding hydrogens is 284 g/mol. The van der Waals surface area contributed by atoms with Gasteiger partial charge in [0.05, 0.1) is 5.41 Å². The highest BCUT2D eigenvalue weighted by Crippen LogP contribution is 2.31. The quantitative estimate of drug-likeness (QED) is 0.493. The number of carboxylic acids is 1. The molecule has 0 aliphatic heterocycles. The van der Waals surface area contributed by atoms with Gasteiger partial charge in [-0.05, 0) is 38.5 Å². The number of hydrogen-bond donors (Lipinski definition) is 1. The molecule has 0 aromatic heterocycles. The van der Waals surface area contributed by atoms with E-state index in [1.165, 1.54) is 18.7 Å². The maximum atomic E-state index is 11.3. The Hall–Kier alpha value is -1.00. The van der Waals surface area contributed by atoms with E-state index in [1.807, 2.05) is 6.07 Å². The molecule has 0 atom stereocenters. The molecule has 3 nitrogen and oxygen atoms in total.